The summed E-state index contributed by atoms with van der Waals surface area (Å²) in [6, 6.07) is 6.94. The van der Waals surface area contributed by atoms with E-state index in [9.17, 15) is 13.0 Å². The minimum absolute atomic E-state index is 0. The Labute approximate surface area is 108 Å². The summed E-state index contributed by atoms with van der Waals surface area (Å²) in [6.45, 7) is 0. The quantitative estimate of drug-likeness (QED) is 0.462. The number of thiophene rings is 1. The fourth-order valence-corrected chi connectivity index (χ4v) is 3.10. The molecule has 0 atom stereocenters. The van der Waals surface area contributed by atoms with Gasteiger partial charge in [0.15, 0.2) is 0 Å². The van der Waals surface area contributed by atoms with E-state index in [1.165, 1.54) is 16.7 Å². The van der Waals surface area contributed by atoms with Crippen LogP contribution in [0.2, 0.25) is 0 Å². The van der Waals surface area contributed by atoms with E-state index in [0.717, 1.165) is 4.70 Å². The molecule has 6 heteroatoms. The third kappa shape index (κ3) is 2.18. The molecule has 0 amide bonds. The molecule has 3 nitrogen and oxygen atoms in total. The zero-order chi connectivity index (χ0) is 9.47. The average Bonchev–Trinajstić information content (AvgIpc) is 2.45. The molecule has 0 N–H and O–H groups in total. The molecule has 0 unspecified atom stereocenters. The molecule has 2 rings (SSSR count). The van der Waals surface area contributed by atoms with Crippen LogP contribution < -0.4 is 29.6 Å². The maximum absolute atomic E-state index is 10.8. The zero-order valence-corrected chi connectivity index (χ0v) is 11.1. The van der Waals surface area contributed by atoms with E-state index in [1.807, 2.05) is 0 Å². The van der Waals surface area contributed by atoms with Gasteiger partial charge in [0, 0.05) is 15.5 Å². The van der Waals surface area contributed by atoms with Gasteiger partial charge in [0.1, 0.15) is 10.1 Å². The molecule has 0 aliphatic rings. The number of hydrogen-bond acceptors (Lipinski definition) is 4. The molecule has 0 fully saturated rings. The molecular formula is C8H5NaO3S2. The standard InChI is InChI=1S/C8H6O3S2.Na/c9-13(10,11)8-5-12-7-4-2-1-3-6(7)8;/h1-5H,(H,9,10,11);/q;+1/p-1. The topological polar surface area (TPSA) is 57.2 Å². The molecule has 0 radical (unpaired) electrons. The molecule has 0 bridgehead atoms. The minimum atomic E-state index is -4.33. The second-order valence-electron chi connectivity index (χ2n) is 2.55. The van der Waals surface area contributed by atoms with E-state index < -0.39 is 10.1 Å². The molecule has 2 aromatic rings. The Kier molecular flexibility index (Phi) is 3.74. The van der Waals surface area contributed by atoms with Gasteiger partial charge in [-0.25, -0.2) is 8.42 Å². The summed E-state index contributed by atoms with van der Waals surface area (Å²) in [5, 5.41) is 1.90. The van der Waals surface area contributed by atoms with Gasteiger partial charge in [0.2, 0.25) is 0 Å². The van der Waals surface area contributed by atoms with Gasteiger partial charge in [-0.05, 0) is 6.07 Å². The van der Waals surface area contributed by atoms with Crippen LogP contribution in [0.4, 0.5) is 0 Å². The fourth-order valence-electron chi connectivity index (χ4n) is 1.15. The van der Waals surface area contributed by atoms with Gasteiger partial charge in [-0.2, -0.15) is 0 Å². The first-order valence-electron chi connectivity index (χ1n) is 3.51. The summed E-state index contributed by atoms with van der Waals surface area (Å²) in [7, 11) is -4.33. The van der Waals surface area contributed by atoms with Crippen molar-refractivity contribution in [1.82, 2.24) is 0 Å². The predicted octanol–water partition coefficient (Wildman–Crippen LogP) is -1.19. The van der Waals surface area contributed by atoms with Gasteiger partial charge in [0.05, 0.1) is 4.90 Å². The second-order valence-corrected chi connectivity index (χ2v) is 4.81. The Morgan fingerprint density at radius 2 is 1.86 bits per heavy atom. The monoisotopic (exact) mass is 236 g/mol. The molecule has 0 spiro atoms. The van der Waals surface area contributed by atoms with Crippen molar-refractivity contribution in [3.8, 4) is 0 Å². The van der Waals surface area contributed by atoms with Crippen LogP contribution in [0, 0.1) is 0 Å². The van der Waals surface area contributed by atoms with E-state index in [4.69, 9.17) is 0 Å². The van der Waals surface area contributed by atoms with Crippen LogP contribution in [0.3, 0.4) is 0 Å². The third-order valence-electron chi connectivity index (χ3n) is 1.71. The van der Waals surface area contributed by atoms with Crippen molar-refractivity contribution in [3.63, 3.8) is 0 Å². The number of rotatable bonds is 1. The van der Waals surface area contributed by atoms with Crippen LogP contribution in [-0.2, 0) is 10.1 Å². The van der Waals surface area contributed by atoms with Gasteiger partial charge in [-0.15, -0.1) is 11.3 Å². The van der Waals surface area contributed by atoms with Crippen molar-refractivity contribution in [1.29, 1.82) is 0 Å². The van der Waals surface area contributed by atoms with Gasteiger partial charge in [-0.1, -0.05) is 18.2 Å². The van der Waals surface area contributed by atoms with Crippen LogP contribution in [0.25, 0.3) is 10.1 Å². The van der Waals surface area contributed by atoms with Crippen molar-refractivity contribution in [2.75, 3.05) is 0 Å². The normalized spacial score (nSPS) is 11.2. The molecule has 0 saturated carbocycles. The van der Waals surface area contributed by atoms with Crippen LogP contribution >= 0.6 is 11.3 Å². The van der Waals surface area contributed by atoms with E-state index in [-0.39, 0.29) is 34.5 Å². The van der Waals surface area contributed by atoms with E-state index >= 15 is 0 Å². The Balaban J connectivity index is 0.000000980. The molecule has 0 saturated heterocycles. The van der Waals surface area contributed by atoms with E-state index in [0.29, 0.717) is 5.39 Å². The van der Waals surface area contributed by atoms with Crippen LogP contribution in [0.1, 0.15) is 0 Å². The van der Waals surface area contributed by atoms with Crippen molar-refractivity contribution >= 4 is 31.5 Å². The first kappa shape index (κ1) is 12.2. The minimum Gasteiger partial charge on any atom is -0.744 e. The summed E-state index contributed by atoms with van der Waals surface area (Å²) in [4.78, 5) is -0.117. The van der Waals surface area contributed by atoms with Gasteiger partial charge in [0.25, 0.3) is 0 Å². The number of hydrogen-bond donors (Lipinski definition) is 0. The van der Waals surface area contributed by atoms with Crippen LogP contribution in [0.5, 0.6) is 0 Å². The smallest absolute Gasteiger partial charge is 0.744 e. The Hall–Kier alpha value is 0.0900. The Morgan fingerprint density at radius 3 is 2.50 bits per heavy atom. The molecule has 1 heterocycles. The fraction of sp³-hybridized carbons (Fsp3) is 0. The molecule has 68 valence electrons. The number of fused-ring (bicyclic) bond motifs is 1. The largest absolute Gasteiger partial charge is 1.00 e. The van der Waals surface area contributed by atoms with Crippen LogP contribution in [0.15, 0.2) is 34.5 Å². The van der Waals surface area contributed by atoms with Gasteiger partial charge >= 0.3 is 29.6 Å². The Morgan fingerprint density at radius 1 is 1.21 bits per heavy atom. The maximum atomic E-state index is 10.8. The molecule has 14 heavy (non-hydrogen) atoms. The van der Waals surface area contributed by atoms with E-state index in [1.54, 1.807) is 24.3 Å². The summed E-state index contributed by atoms with van der Waals surface area (Å²) >= 11 is 1.26. The summed E-state index contributed by atoms with van der Waals surface area (Å²) in [5.41, 5.74) is 0. The first-order valence-corrected chi connectivity index (χ1v) is 5.80. The van der Waals surface area contributed by atoms with Crippen LogP contribution in [-0.4, -0.2) is 13.0 Å². The van der Waals surface area contributed by atoms with Crippen molar-refractivity contribution in [2.24, 2.45) is 0 Å². The average molecular weight is 236 g/mol. The molecule has 1 aromatic heterocycles. The molecule has 0 aliphatic heterocycles. The van der Waals surface area contributed by atoms with E-state index in [2.05, 4.69) is 0 Å². The summed E-state index contributed by atoms with van der Waals surface area (Å²) in [5.74, 6) is 0. The second kappa shape index (κ2) is 4.30. The third-order valence-corrected chi connectivity index (χ3v) is 3.70. The maximum Gasteiger partial charge on any atom is 1.00 e. The Bertz CT molecular complexity index is 544. The summed E-state index contributed by atoms with van der Waals surface area (Å²) < 4.78 is 33.1. The summed E-state index contributed by atoms with van der Waals surface area (Å²) in [6.07, 6.45) is 0. The number of benzene rings is 1. The van der Waals surface area contributed by atoms with Crippen molar-refractivity contribution in [3.05, 3.63) is 29.6 Å². The van der Waals surface area contributed by atoms with Crippen molar-refractivity contribution in [2.45, 2.75) is 4.90 Å². The van der Waals surface area contributed by atoms with Crippen molar-refractivity contribution < 1.29 is 42.5 Å². The first-order chi connectivity index (χ1) is 6.09. The zero-order valence-electron chi connectivity index (χ0n) is 7.43. The SMILES string of the molecule is O=S(=O)([O-])c1csc2ccccc12.[Na+]. The predicted molar refractivity (Wildman–Crippen MR) is 49.8 cm³/mol. The molecule has 0 aliphatic carbocycles. The van der Waals surface area contributed by atoms with Gasteiger partial charge in [-0.3, -0.25) is 0 Å². The van der Waals surface area contributed by atoms with Gasteiger partial charge < -0.3 is 4.55 Å². The molecular weight excluding hydrogens is 231 g/mol. The molecule has 1 aromatic carbocycles.